The van der Waals surface area contributed by atoms with Gasteiger partial charge in [-0.3, -0.25) is 9.69 Å². The van der Waals surface area contributed by atoms with Crippen molar-refractivity contribution in [2.24, 2.45) is 0 Å². The van der Waals surface area contributed by atoms with Gasteiger partial charge in [-0.25, -0.2) is 0 Å². The van der Waals surface area contributed by atoms with E-state index in [0.29, 0.717) is 18.3 Å². The maximum atomic E-state index is 12.2. The van der Waals surface area contributed by atoms with Crippen molar-refractivity contribution in [3.63, 3.8) is 0 Å². The number of hydrogen-bond donors (Lipinski definition) is 2. The average Bonchev–Trinajstić information content (AvgIpc) is 2.76. The first-order chi connectivity index (χ1) is 10.2. The van der Waals surface area contributed by atoms with Gasteiger partial charge in [-0.05, 0) is 51.5 Å². The fraction of sp³-hybridized carbons (Fsp3) is 0.562. The second-order valence-electron chi connectivity index (χ2n) is 5.50. The molecule has 0 bridgehead atoms. The molecule has 2 rings (SSSR count). The highest BCUT2D eigenvalue weighted by Gasteiger charge is 2.19. The summed E-state index contributed by atoms with van der Waals surface area (Å²) in [6.45, 7) is 2.52. The summed E-state index contributed by atoms with van der Waals surface area (Å²) < 4.78 is 5.25. The highest BCUT2D eigenvalue weighted by atomic mass is 35.5. The quantitative estimate of drug-likeness (QED) is 0.870. The SMILES string of the molecule is COc1ccccc1NC(=O)CN(C)C1CCCNCC1.Cl. The zero-order chi connectivity index (χ0) is 15.1. The third kappa shape index (κ3) is 5.48. The lowest BCUT2D eigenvalue weighted by Gasteiger charge is -2.26. The number of hydrogen-bond acceptors (Lipinski definition) is 4. The topological polar surface area (TPSA) is 53.6 Å². The number of nitrogens with one attached hydrogen (secondary N) is 2. The normalized spacial score (nSPS) is 18.2. The van der Waals surface area contributed by atoms with E-state index in [2.05, 4.69) is 15.5 Å². The number of carbonyl (C=O) groups excluding carboxylic acids is 1. The smallest absolute Gasteiger partial charge is 0.238 e. The summed E-state index contributed by atoms with van der Waals surface area (Å²) >= 11 is 0. The minimum Gasteiger partial charge on any atom is -0.495 e. The first kappa shape index (κ1) is 18.7. The van der Waals surface area contributed by atoms with Crippen LogP contribution in [-0.2, 0) is 4.79 Å². The Morgan fingerprint density at radius 2 is 2.14 bits per heavy atom. The van der Waals surface area contributed by atoms with Gasteiger partial charge in [0.05, 0.1) is 19.3 Å². The van der Waals surface area contributed by atoms with Gasteiger partial charge in [-0.2, -0.15) is 0 Å². The molecule has 2 N–H and O–H groups in total. The maximum Gasteiger partial charge on any atom is 0.238 e. The molecule has 0 aromatic heterocycles. The van der Waals surface area contributed by atoms with Gasteiger partial charge in [0, 0.05) is 6.04 Å². The Hall–Kier alpha value is -1.30. The molecule has 124 valence electrons. The van der Waals surface area contributed by atoms with Gasteiger partial charge in [-0.1, -0.05) is 12.1 Å². The molecule has 1 aromatic carbocycles. The molecule has 1 fully saturated rings. The second kappa shape index (κ2) is 9.66. The summed E-state index contributed by atoms with van der Waals surface area (Å²) in [5.74, 6) is 0.686. The van der Waals surface area contributed by atoms with Crippen molar-refractivity contribution < 1.29 is 9.53 Å². The van der Waals surface area contributed by atoms with E-state index in [4.69, 9.17) is 4.74 Å². The number of anilines is 1. The van der Waals surface area contributed by atoms with E-state index in [0.717, 1.165) is 31.6 Å². The fourth-order valence-electron chi connectivity index (χ4n) is 2.73. The van der Waals surface area contributed by atoms with E-state index in [9.17, 15) is 4.79 Å². The summed E-state index contributed by atoms with van der Waals surface area (Å²) in [6, 6.07) is 7.95. The number of para-hydroxylation sites is 2. The van der Waals surface area contributed by atoms with Crippen molar-refractivity contribution >= 4 is 24.0 Å². The van der Waals surface area contributed by atoms with Gasteiger partial charge >= 0.3 is 0 Å². The van der Waals surface area contributed by atoms with Crippen molar-refractivity contribution in [1.82, 2.24) is 10.2 Å². The average molecular weight is 328 g/mol. The van der Waals surface area contributed by atoms with E-state index < -0.39 is 0 Å². The van der Waals surface area contributed by atoms with Crippen LogP contribution in [-0.4, -0.2) is 50.6 Å². The van der Waals surface area contributed by atoms with Gasteiger partial charge < -0.3 is 15.4 Å². The Labute approximate surface area is 138 Å². The predicted octanol–water partition coefficient (Wildman–Crippen LogP) is 2.13. The Kier molecular flexibility index (Phi) is 8.24. The van der Waals surface area contributed by atoms with Crippen LogP contribution in [0.15, 0.2) is 24.3 Å². The molecule has 0 spiro atoms. The van der Waals surface area contributed by atoms with Gasteiger partial charge in [0.25, 0.3) is 0 Å². The van der Waals surface area contributed by atoms with Crippen molar-refractivity contribution in [3.8, 4) is 5.75 Å². The number of benzene rings is 1. The van der Waals surface area contributed by atoms with Gasteiger partial charge in [0.1, 0.15) is 5.75 Å². The summed E-state index contributed by atoms with van der Waals surface area (Å²) in [4.78, 5) is 14.3. The third-order valence-electron chi connectivity index (χ3n) is 3.94. The van der Waals surface area contributed by atoms with Gasteiger partial charge in [0.2, 0.25) is 5.91 Å². The van der Waals surface area contributed by atoms with Crippen LogP contribution in [0.4, 0.5) is 5.69 Å². The van der Waals surface area contributed by atoms with Crippen LogP contribution < -0.4 is 15.4 Å². The number of nitrogens with zero attached hydrogens (tertiary/aromatic N) is 1. The standard InChI is InChI=1S/C16H25N3O2.ClH/c1-19(13-6-5-10-17-11-9-13)12-16(20)18-14-7-3-4-8-15(14)21-2;/h3-4,7-8,13,17H,5-6,9-12H2,1-2H3,(H,18,20);1H. The Morgan fingerprint density at radius 3 is 2.91 bits per heavy atom. The number of rotatable bonds is 5. The molecule has 1 unspecified atom stereocenters. The largest absolute Gasteiger partial charge is 0.495 e. The first-order valence-corrected chi connectivity index (χ1v) is 7.54. The zero-order valence-electron chi connectivity index (χ0n) is 13.3. The lowest BCUT2D eigenvalue weighted by Crippen LogP contribution is -2.38. The van der Waals surface area contributed by atoms with Crippen molar-refractivity contribution in [2.75, 3.05) is 39.1 Å². The first-order valence-electron chi connectivity index (χ1n) is 7.54. The van der Waals surface area contributed by atoms with Crippen LogP contribution >= 0.6 is 12.4 Å². The van der Waals surface area contributed by atoms with Crippen LogP contribution in [0.25, 0.3) is 0 Å². The molecule has 1 amide bonds. The molecule has 0 aliphatic carbocycles. The second-order valence-corrected chi connectivity index (χ2v) is 5.50. The Balaban J connectivity index is 0.00000242. The van der Waals surface area contributed by atoms with Crippen molar-refractivity contribution in [3.05, 3.63) is 24.3 Å². The molecule has 1 aliphatic heterocycles. The van der Waals surface area contributed by atoms with E-state index in [-0.39, 0.29) is 18.3 Å². The van der Waals surface area contributed by atoms with Crippen LogP contribution in [0.2, 0.25) is 0 Å². The van der Waals surface area contributed by atoms with Gasteiger partial charge in [-0.15, -0.1) is 12.4 Å². The van der Waals surface area contributed by atoms with E-state index in [1.807, 2.05) is 31.3 Å². The van der Waals surface area contributed by atoms with Crippen molar-refractivity contribution in [2.45, 2.75) is 25.3 Å². The van der Waals surface area contributed by atoms with Crippen LogP contribution in [0.1, 0.15) is 19.3 Å². The molecule has 0 saturated carbocycles. The van der Waals surface area contributed by atoms with E-state index in [1.165, 1.54) is 6.42 Å². The third-order valence-corrected chi connectivity index (χ3v) is 3.94. The molecule has 5 nitrogen and oxygen atoms in total. The van der Waals surface area contributed by atoms with E-state index >= 15 is 0 Å². The number of halogens is 1. The number of methoxy groups -OCH3 is 1. The van der Waals surface area contributed by atoms with Crippen LogP contribution in [0.3, 0.4) is 0 Å². The Morgan fingerprint density at radius 1 is 1.36 bits per heavy atom. The minimum absolute atomic E-state index is 0. The summed E-state index contributed by atoms with van der Waals surface area (Å²) in [5, 5.41) is 6.32. The monoisotopic (exact) mass is 327 g/mol. The molecule has 1 heterocycles. The van der Waals surface area contributed by atoms with Gasteiger partial charge in [0.15, 0.2) is 0 Å². The highest BCUT2D eigenvalue weighted by Crippen LogP contribution is 2.23. The van der Waals surface area contributed by atoms with Crippen LogP contribution in [0.5, 0.6) is 5.75 Å². The van der Waals surface area contributed by atoms with Crippen LogP contribution in [0, 0.1) is 0 Å². The number of ether oxygens (including phenoxy) is 1. The molecule has 0 radical (unpaired) electrons. The fourth-order valence-corrected chi connectivity index (χ4v) is 2.73. The molecule has 22 heavy (non-hydrogen) atoms. The minimum atomic E-state index is -0.000735. The summed E-state index contributed by atoms with van der Waals surface area (Å²) in [6.07, 6.45) is 3.41. The molecular formula is C16H26ClN3O2. The zero-order valence-corrected chi connectivity index (χ0v) is 14.1. The summed E-state index contributed by atoms with van der Waals surface area (Å²) in [7, 11) is 3.63. The summed E-state index contributed by atoms with van der Waals surface area (Å²) in [5.41, 5.74) is 0.723. The van der Waals surface area contributed by atoms with E-state index in [1.54, 1.807) is 7.11 Å². The number of likely N-dealkylation sites (N-methyl/N-ethyl adjacent to an activating group) is 1. The molecular weight excluding hydrogens is 302 g/mol. The lowest BCUT2D eigenvalue weighted by molar-refractivity contribution is -0.117. The molecule has 1 atom stereocenters. The lowest BCUT2D eigenvalue weighted by atomic mass is 10.1. The predicted molar refractivity (Wildman–Crippen MR) is 92.0 cm³/mol. The maximum absolute atomic E-state index is 12.2. The highest BCUT2D eigenvalue weighted by molar-refractivity contribution is 5.93. The number of carbonyl (C=O) groups is 1. The molecule has 1 aliphatic rings. The molecule has 6 heteroatoms. The number of amides is 1. The van der Waals surface area contributed by atoms with Crippen molar-refractivity contribution in [1.29, 1.82) is 0 Å². The Bertz CT molecular complexity index is 462. The molecule has 1 saturated heterocycles. The molecule has 1 aromatic rings.